The lowest BCUT2D eigenvalue weighted by atomic mass is 10.1. The van der Waals surface area contributed by atoms with Crippen molar-refractivity contribution in [3.8, 4) is 0 Å². The van der Waals surface area contributed by atoms with Gasteiger partial charge < -0.3 is 0 Å². The summed E-state index contributed by atoms with van der Waals surface area (Å²) in [7, 11) is 0. The molecule has 0 radical (unpaired) electrons. The minimum atomic E-state index is -0.421. The number of amides is 1. The fourth-order valence-electron chi connectivity index (χ4n) is 2.69. The van der Waals surface area contributed by atoms with Crippen LogP contribution in [0.1, 0.15) is 11.7 Å². The summed E-state index contributed by atoms with van der Waals surface area (Å²) in [5, 5.41) is 11.1. The van der Waals surface area contributed by atoms with E-state index in [1.165, 1.54) is 11.8 Å². The van der Waals surface area contributed by atoms with Crippen LogP contribution in [0.2, 0.25) is 0 Å². The number of hydrogen-bond acceptors (Lipinski definition) is 6. The van der Waals surface area contributed by atoms with Crippen molar-refractivity contribution in [2.75, 3.05) is 6.26 Å². The number of carbonyl (C=O) groups is 1. The SMILES string of the molecule is CSC1=NN2C(=c3cc(Br)ccc3=N[C@H]2c2cccnc2)C(=O)N1. The Morgan fingerprint density at radius 3 is 2.96 bits per heavy atom. The number of halogens is 1. The number of nitrogens with one attached hydrogen (secondary N) is 1. The minimum Gasteiger partial charge on any atom is -0.298 e. The summed E-state index contributed by atoms with van der Waals surface area (Å²) in [6.07, 6.45) is 4.91. The van der Waals surface area contributed by atoms with Crippen molar-refractivity contribution in [2.45, 2.75) is 6.17 Å². The molecule has 0 saturated carbocycles. The first kappa shape index (κ1) is 15.3. The van der Waals surface area contributed by atoms with E-state index in [1.807, 2.05) is 36.6 Å². The van der Waals surface area contributed by atoms with E-state index in [9.17, 15) is 4.79 Å². The molecule has 1 N–H and O–H groups in total. The van der Waals surface area contributed by atoms with E-state index in [-0.39, 0.29) is 5.91 Å². The van der Waals surface area contributed by atoms with Crippen LogP contribution < -0.4 is 15.9 Å². The van der Waals surface area contributed by atoms with Crippen LogP contribution in [0.4, 0.5) is 0 Å². The van der Waals surface area contributed by atoms with E-state index in [0.717, 1.165) is 20.6 Å². The number of benzene rings is 1. The summed E-state index contributed by atoms with van der Waals surface area (Å²) in [5.41, 5.74) is 1.37. The zero-order valence-electron chi connectivity index (χ0n) is 12.6. The molecule has 24 heavy (non-hydrogen) atoms. The second-order valence-electron chi connectivity index (χ2n) is 5.21. The van der Waals surface area contributed by atoms with Gasteiger partial charge in [0, 0.05) is 27.6 Å². The molecule has 2 aliphatic rings. The Labute approximate surface area is 150 Å². The smallest absolute Gasteiger partial charge is 0.276 e. The lowest BCUT2D eigenvalue weighted by Gasteiger charge is -2.33. The summed E-state index contributed by atoms with van der Waals surface area (Å²) in [4.78, 5) is 21.7. The van der Waals surface area contributed by atoms with Crippen LogP contribution in [0.5, 0.6) is 0 Å². The Morgan fingerprint density at radius 1 is 1.33 bits per heavy atom. The van der Waals surface area contributed by atoms with E-state index < -0.39 is 6.17 Å². The lowest BCUT2D eigenvalue weighted by molar-refractivity contribution is -0.116. The van der Waals surface area contributed by atoms with Crippen LogP contribution in [0.25, 0.3) is 5.70 Å². The van der Waals surface area contributed by atoms with Gasteiger partial charge in [-0.3, -0.25) is 20.1 Å². The standard InChI is InChI=1S/C16H12BrN5OS/c1-24-16-20-15(23)13-11-7-10(17)4-5-12(11)19-14(22(13)21-16)9-3-2-6-18-8-9/h2-8,14H,1H3,(H,20,21,23)/t14-/m1/s1. The second kappa shape index (κ2) is 6.03. The van der Waals surface area contributed by atoms with Crippen LogP contribution in [-0.4, -0.2) is 27.3 Å². The molecule has 0 saturated heterocycles. The third-order valence-corrected chi connectivity index (χ3v) is 4.81. The molecule has 1 aromatic carbocycles. The number of hydrazone groups is 1. The maximum absolute atomic E-state index is 12.7. The minimum absolute atomic E-state index is 0.183. The predicted octanol–water partition coefficient (Wildman–Crippen LogP) is 1.35. The highest BCUT2D eigenvalue weighted by Crippen LogP contribution is 2.30. The molecule has 0 unspecified atom stereocenters. The molecule has 3 heterocycles. The Bertz CT molecular complexity index is 976. The number of pyridine rings is 1. The van der Waals surface area contributed by atoms with Crippen molar-refractivity contribution in [1.82, 2.24) is 15.3 Å². The van der Waals surface area contributed by atoms with Gasteiger partial charge in [0.25, 0.3) is 5.91 Å². The highest BCUT2D eigenvalue weighted by Gasteiger charge is 2.34. The van der Waals surface area contributed by atoms with Crippen LogP contribution in [0.15, 0.2) is 57.3 Å². The molecular formula is C16H12BrN5OS. The van der Waals surface area contributed by atoms with Gasteiger partial charge in [-0.05, 0) is 30.5 Å². The third kappa shape index (κ3) is 2.51. The van der Waals surface area contributed by atoms with Gasteiger partial charge in [0.15, 0.2) is 11.3 Å². The van der Waals surface area contributed by atoms with Gasteiger partial charge in [-0.25, -0.2) is 5.01 Å². The van der Waals surface area contributed by atoms with Gasteiger partial charge in [0.2, 0.25) is 0 Å². The summed E-state index contributed by atoms with van der Waals surface area (Å²) in [5.74, 6) is -0.183. The normalized spacial score (nSPS) is 19.0. The van der Waals surface area contributed by atoms with Crippen molar-refractivity contribution >= 4 is 44.5 Å². The first-order valence-electron chi connectivity index (χ1n) is 7.18. The van der Waals surface area contributed by atoms with Crippen molar-refractivity contribution in [3.63, 3.8) is 0 Å². The molecule has 0 aliphatic carbocycles. The summed E-state index contributed by atoms with van der Waals surface area (Å²) < 4.78 is 0.885. The van der Waals surface area contributed by atoms with E-state index in [1.54, 1.807) is 17.4 Å². The van der Waals surface area contributed by atoms with Crippen LogP contribution >= 0.6 is 27.7 Å². The zero-order chi connectivity index (χ0) is 16.7. The van der Waals surface area contributed by atoms with Crippen molar-refractivity contribution in [2.24, 2.45) is 10.1 Å². The Morgan fingerprint density at radius 2 is 2.21 bits per heavy atom. The molecule has 2 aromatic rings. The van der Waals surface area contributed by atoms with Crippen molar-refractivity contribution < 1.29 is 4.79 Å². The van der Waals surface area contributed by atoms with E-state index >= 15 is 0 Å². The van der Waals surface area contributed by atoms with E-state index in [0.29, 0.717) is 10.9 Å². The first-order chi connectivity index (χ1) is 11.7. The van der Waals surface area contributed by atoms with Crippen molar-refractivity contribution in [3.05, 3.63) is 63.3 Å². The molecule has 1 amide bonds. The fourth-order valence-corrected chi connectivity index (χ4v) is 3.41. The number of aromatic nitrogens is 1. The lowest BCUT2D eigenvalue weighted by Crippen LogP contribution is -2.50. The van der Waals surface area contributed by atoms with Crippen LogP contribution in [-0.2, 0) is 4.79 Å². The Hall–Kier alpha value is -2.19. The molecule has 120 valence electrons. The largest absolute Gasteiger partial charge is 0.298 e. The molecule has 2 aliphatic heterocycles. The first-order valence-corrected chi connectivity index (χ1v) is 9.20. The number of nitrogens with zero attached hydrogens (tertiary/aromatic N) is 4. The van der Waals surface area contributed by atoms with E-state index in [4.69, 9.17) is 4.99 Å². The fraction of sp³-hybridized carbons (Fsp3) is 0.125. The average Bonchev–Trinajstić information content (AvgIpc) is 2.61. The molecule has 6 nitrogen and oxygen atoms in total. The quantitative estimate of drug-likeness (QED) is 0.782. The summed E-state index contributed by atoms with van der Waals surface area (Å²) in [6.45, 7) is 0. The van der Waals surface area contributed by atoms with Gasteiger partial charge in [0.1, 0.15) is 5.70 Å². The number of amidine groups is 1. The Balaban J connectivity index is 2.02. The number of rotatable bonds is 1. The average molecular weight is 402 g/mol. The summed E-state index contributed by atoms with van der Waals surface area (Å²) in [6, 6.07) is 9.48. The topological polar surface area (TPSA) is 70.0 Å². The molecule has 0 bridgehead atoms. The maximum Gasteiger partial charge on any atom is 0.276 e. The molecule has 1 aromatic heterocycles. The third-order valence-electron chi connectivity index (χ3n) is 3.75. The van der Waals surface area contributed by atoms with Gasteiger partial charge in [-0.2, -0.15) is 0 Å². The predicted molar refractivity (Wildman–Crippen MR) is 96.2 cm³/mol. The molecular weight excluding hydrogens is 390 g/mol. The summed E-state index contributed by atoms with van der Waals surface area (Å²) >= 11 is 4.84. The molecule has 8 heteroatoms. The molecule has 0 fully saturated rings. The van der Waals surface area contributed by atoms with Gasteiger partial charge in [-0.1, -0.05) is 33.8 Å². The van der Waals surface area contributed by atoms with E-state index in [2.05, 4.69) is 31.3 Å². The number of thioether (sulfide) groups is 1. The Kier molecular flexibility index (Phi) is 3.85. The second-order valence-corrected chi connectivity index (χ2v) is 6.92. The number of hydrogen-bond donors (Lipinski definition) is 1. The van der Waals surface area contributed by atoms with Crippen molar-refractivity contribution in [1.29, 1.82) is 0 Å². The highest BCUT2D eigenvalue weighted by atomic mass is 79.9. The highest BCUT2D eigenvalue weighted by molar-refractivity contribution is 9.10. The van der Waals surface area contributed by atoms with Crippen LogP contribution in [0, 0.1) is 0 Å². The number of fused-ring (bicyclic) bond motifs is 2. The van der Waals surface area contributed by atoms with Crippen LogP contribution in [0.3, 0.4) is 0 Å². The monoisotopic (exact) mass is 401 g/mol. The van der Waals surface area contributed by atoms with Gasteiger partial charge in [-0.15, -0.1) is 5.10 Å². The van der Waals surface area contributed by atoms with Gasteiger partial charge in [0.05, 0.1) is 5.36 Å². The number of carbonyl (C=O) groups excluding carboxylic acids is 1. The zero-order valence-corrected chi connectivity index (χ0v) is 15.0. The molecule has 0 spiro atoms. The molecule has 1 atom stereocenters. The van der Waals surface area contributed by atoms with Gasteiger partial charge >= 0.3 is 0 Å². The maximum atomic E-state index is 12.7. The molecule has 4 rings (SSSR count).